The van der Waals surface area contributed by atoms with E-state index in [0.29, 0.717) is 11.0 Å². The molecular weight excluding hydrogens is 285 g/mol. The number of hydrogen-bond acceptors (Lipinski definition) is 2. The van der Waals surface area contributed by atoms with E-state index in [9.17, 15) is 4.39 Å². The Kier molecular flexibility index (Phi) is 7.40. The summed E-state index contributed by atoms with van der Waals surface area (Å²) in [5, 5.41) is 11.9. The van der Waals surface area contributed by atoms with Crippen molar-refractivity contribution in [2.75, 3.05) is 13.2 Å². The van der Waals surface area contributed by atoms with Crippen molar-refractivity contribution in [1.82, 2.24) is 5.32 Å². The van der Waals surface area contributed by atoms with Gasteiger partial charge in [-0.1, -0.05) is 25.0 Å². The van der Waals surface area contributed by atoms with Crippen LogP contribution in [0.5, 0.6) is 0 Å². The van der Waals surface area contributed by atoms with Crippen LogP contribution in [0.1, 0.15) is 31.2 Å². The van der Waals surface area contributed by atoms with Crippen molar-refractivity contribution < 1.29 is 9.50 Å². The topological polar surface area (TPSA) is 32.3 Å². The smallest absolute Gasteiger partial charge is 0.137 e. The lowest BCUT2D eigenvalue weighted by atomic mass is 10.2. The Morgan fingerprint density at radius 3 is 2.71 bits per heavy atom. The van der Waals surface area contributed by atoms with Crippen LogP contribution in [-0.4, -0.2) is 18.3 Å². The van der Waals surface area contributed by atoms with Gasteiger partial charge >= 0.3 is 0 Å². The highest BCUT2D eigenvalue weighted by molar-refractivity contribution is 9.10. The van der Waals surface area contributed by atoms with Gasteiger partial charge in [0.2, 0.25) is 0 Å². The van der Waals surface area contributed by atoms with Crippen LogP contribution >= 0.6 is 15.9 Å². The number of hydrogen-bond donors (Lipinski definition) is 2. The number of nitrogens with one attached hydrogen (secondary N) is 1. The van der Waals surface area contributed by atoms with Gasteiger partial charge in [0.1, 0.15) is 5.82 Å². The monoisotopic (exact) mass is 303 g/mol. The molecule has 0 aromatic heterocycles. The lowest BCUT2D eigenvalue weighted by Gasteiger charge is -2.07. The molecule has 2 nitrogen and oxygen atoms in total. The standard InChI is InChI=1S/C13H19BrFNO/c14-13-11(6-5-7-12(13)15)10-16-8-3-1-2-4-9-17/h5-7,16-17H,1-4,8-10H2. The molecule has 1 rings (SSSR count). The van der Waals surface area contributed by atoms with Crippen molar-refractivity contribution in [3.05, 3.63) is 34.1 Å². The molecule has 2 N–H and O–H groups in total. The molecule has 0 heterocycles. The maximum atomic E-state index is 13.2. The molecule has 4 heteroatoms. The molecule has 96 valence electrons. The lowest BCUT2D eigenvalue weighted by molar-refractivity contribution is 0.282. The van der Waals surface area contributed by atoms with Gasteiger partial charge in [-0.2, -0.15) is 0 Å². The first kappa shape index (κ1) is 14.6. The van der Waals surface area contributed by atoms with Crippen LogP contribution in [0.15, 0.2) is 22.7 Å². The van der Waals surface area contributed by atoms with Gasteiger partial charge in [-0.15, -0.1) is 0 Å². The number of aliphatic hydroxyl groups excluding tert-OH is 1. The van der Waals surface area contributed by atoms with E-state index >= 15 is 0 Å². The second kappa shape index (κ2) is 8.61. The summed E-state index contributed by atoms with van der Waals surface area (Å²) in [5.41, 5.74) is 0.945. The summed E-state index contributed by atoms with van der Waals surface area (Å²) in [6.45, 7) is 1.89. The second-order valence-corrected chi connectivity index (χ2v) is 4.82. The quantitative estimate of drug-likeness (QED) is 0.723. The number of rotatable bonds is 8. The summed E-state index contributed by atoms with van der Waals surface area (Å²) in [6, 6.07) is 5.08. The fourth-order valence-corrected chi connectivity index (χ4v) is 2.03. The summed E-state index contributed by atoms with van der Waals surface area (Å²) < 4.78 is 13.7. The third kappa shape index (κ3) is 5.61. The molecule has 1 aromatic rings. The highest BCUT2D eigenvalue weighted by Gasteiger charge is 2.03. The van der Waals surface area contributed by atoms with Crippen molar-refractivity contribution in [2.24, 2.45) is 0 Å². The first-order valence-electron chi connectivity index (χ1n) is 6.00. The summed E-state index contributed by atoms with van der Waals surface area (Å²) >= 11 is 3.24. The van der Waals surface area contributed by atoms with Gasteiger partial charge in [0.05, 0.1) is 4.47 Å². The zero-order valence-electron chi connectivity index (χ0n) is 9.88. The summed E-state index contributed by atoms with van der Waals surface area (Å²) in [6.07, 6.45) is 4.17. The zero-order valence-corrected chi connectivity index (χ0v) is 11.5. The third-order valence-corrected chi connectivity index (χ3v) is 3.50. The van der Waals surface area contributed by atoms with E-state index in [-0.39, 0.29) is 12.4 Å². The highest BCUT2D eigenvalue weighted by atomic mass is 79.9. The van der Waals surface area contributed by atoms with Gasteiger partial charge in [0.25, 0.3) is 0 Å². The summed E-state index contributed by atoms with van der Waals surface area (Å²) in [5.74, 6) is -0.216. The van der Waals surface area contributed by atoms with E-state index in [0.717, 1.165) is 37.8 Å². The van der Waals surface area contributed by atoms with E-state index in [1.165, 1.54) is 6.07 Å². The Hall–Kier alpha value is -0.450. The normalized spacial score (nSPS) is 10.8. The van der Waals surface area contributed by atoms with Gasteiger partial charge in [-0.3, -0.25) is 0 Å². The van der Waals surface area contributed by atoms with Crippen molar-refractivity contribution in [1.29, 1.82) is 0 Å². The van der Waals surface area contributed by atoms with Crippen LogP contribution in [0.25, 0.3) is 0 Å². The Balaban J connectivity index is 2.16. The molecule has 0 atom stereocenters. The van der Waals surface area contributed by atoms with E-state index in [1.807, 2.05) is 6.07 Å². The van der Waals surface area contributed by atoms with Crippen molar-refractivity contribution >= 4 is 15.9 Å². The molecule has 0 bridgehead atoms. The fraction of sp³-hybridized carbons (Fsp3) is 0.538. The predicted octanol–water partition coefficient (Wildman–Crippen LogP) is 3.23. The third-order valence-electron chi connectivity index (χ3n) is 2.61. The van der Waals surface area contributed by atoms with Crippen molar-refractivity contribution in [3.63, 3.8) is 0 Å². The van der Waals surface area contributed by atoms with Crippen molar-refractivity contribution in [2.45, 2.75) is 32.2 Å². The molecule has 1 aromatic carbocycles. The molecule has 17 heavy (non-hydrogen) atoms. The van der Waals surface area contributed by atoms with Crippen LogP contribution in [0, 0.1) is 5.82 Å². The molecule has 0 aliphatic carbocycles. The maximum Gasteiger partial charge on any atom is 0.137 e. The lowest BCUT2D eigenvalue weighted by Crippen LogP contribution is -2.15. The average Bonchev–Trinajstić information content (AvgIpc) is 2.33. The number of aliphatic hydroxyl groups is 1. The van der Waals surface area contributed by atoms with E-state index in [1.54, 1.807) is 6.07 Å². The molecule has 0 saturated carbocycles. The molecule has 0 fully saturated rings. The maximum absolute atomic E-state index is 13.2. The van der Waals surface area contributed by atoms with E-state index < -0.39 is 0 Å². The van der Waals surface area contributed by atoms with Crippen LogP contribution in [0.2, 0.25) is 0 Å². The fourth-order valence-electron chi connectivity index (χ4n) is 1.62. The van der Waals surface area contributed by atoms with Crippen LogP contribution in [0.4, 0.5) is 4.39 Å². The van der Waals surface area contributed by atoms with Gasteiger partial charge in [-0.05, 0) is 46.9 Å². The number of benzene rings is 1. The number of unbranched alkanes of at least 4 members (excludes halogenated alkanes) is 3. The zero-order chi connectivity index (χ0) is 12.5. The Morgan fingerprint density at radius 1 is 1.18 bits per heavy atom. The minimum atomic E-state index is -0.216. The summed E-state index contributed by atoms with van der Waals surface area (Å²) in [4.78, 5) is 0. The van der Waals surface area contributed by atoms with Crippen LogP contribution < -0.4 is 5.32 Å². The molecule has 0 aliphatic heterocycles. The SMILES string of the molecule is OCCCCCCNCc1cccc(F)c1Br. The molecule has 0 aliphatic rings. The minimum Gasteiger partial charge on any atom is -0.396 e. The van der Waals surface area contributed by atoms with Gasteiger partial charge in [0.15, 0.2) is 0 Å². The average molecular weight is 304 g/mol. The molecule has 0 saturated heterocycles. The largest absolute Gasteiger partial charge is 0.396 e. The van der Waals surface area contributed by atoms with Gasteiger partial charge in [-0.25, -0.2) is 4.39 Å². The molecule has 0 spiro atoms. The Labute approximate surface area is 110 Å². The Bertz CT molecular complexity index is 333. The molecule has 0 unspecified atom stereocenters. The first-order chi connectivity index (χ1) is 8.25. The molecular formula is C13H19BrFNO. The molecule has 0 radical (unpaired) electrons. The molecule has 0 amide bonds. The first-order valence-corrected chi connectivity index (χ1v) is 6.79. The highest BCUT2D eigenvalue weighted by Crippen LogP contribution is 2.19. The van der Waals surface area contributed by atoms with Gasteiger partial charge < -0.3 is 10.4 Å². The minimum absolute atomic E-state index is 0.216. The number of halogens is 2. The predicted molar refractivity (Wildman–Crippen MR) is 71.4 cm³/mol. The van der Waals surface area contributed by atoms with Gasteiger partial charge in [0, 0.05) is 13.2 Å². The van der Waals surface area contributed by atoms with Crippen molar-refractivity contribution in [3.8, 4) is 0 Å². The van der Waals surface area contributed by atoms with E-state index in [2.05, 4.69) is 21.2 Å². The van der Waals surface area contributed by atoms with Crippen LogP contribution in [0.3, 0.4) is 0 Å². The van der Waals surface area contributed by atoms with Crippen LogP contribution in [-0.2, 0) is 6.54 Å². The second-order valence-electron chi connectivity index (χ2n) is 4.03. The Morgan fingerprint density at radius 2 is 1.94 bits per heavy atom. The van der Waals surface area contributed by atoms with E-state index in [4.69, 9.17) is 5.11 Å². The summed E-state index contributed by atoms with van der Waals surface area (Å²) in [7, 11) is 0.